The van der Waals surface area contributed by atoms with Crippen molar-refractivity contribution in [2.75, 3.05) is 56.2 Å². The smallest absolute Gasteiger partial charge is 0.276 e. The number of carbonyl (C=O) groups is 1. The van der Waals surface area contributed by atoms with E-state index >= 15 is 0 Å². The van der Waals surface area contributed by atoms with Crippen molar-refractivity contribution in [2.24, 2.45) is 0 Å². The molecule has 0 atom stereocenters. The third-order valence-corrected chi connectivity index (χ3v) is 7.80. The molecule has 2 saturated heterocycles. The molecule has 11 heteroatoms. The molecule has 2 aliphatic heterocycles. The molecule has 0 bridgehead atoms. The Morgan fingerprint density at radius 1 is 1.15 bits per heavy atom. The second-order valence-electron chi connectivity index (χ2n) is 7.76. The normalized spacial score (nSPS) is 17.2. The molecule has 0 unspecified atom stereocenters. The van der Waals surface area contributed by atoms with Crippen LogP contribution in [0, 0.1) is 0 Å². The molecule has 178 valence electrons. The van der Waals surface area contributed by atoms with Crippen LogP contribution in [0.3, 0.4) is 0 Å². The van der Waals surface area contributed by atoms with Crippen LogP contribution in [-0.2, 0) is 14.8 Å². The van der Waals surface area contributed by atoms with Crippen LogP contribution in [0.25, 0.3) is 0 Å². The molecule has 33 heavy (non-hydrogen) atoms. The van der Waals surface area contributed by atoms with Crippen LogP contribution in [0.2, 0.25) is 5.02 Å². The number of rotatable bonds is 7. The molecule has 1 N–H and O–H groups in total. The molecular formula is C22H27ClN4O5S. The van der Waals surface area contributed by atoms with Crippen LogP contribution in [0.4, 0.5) is 11.4 Å². The SMILES string of the molecule is CCOc1ccc(Cl)c(C(=O)Nc2cc(S(=O)(=O)N3CCOCC3)ccc2N2CCCC2)n1. The summed E-state index contributed by atoms with van der Waals surface area (Å²) >= 11 is 6.23. The van der Waals surface area contributed by atoms with E-state index < -0.39 is 15.9 Å². The van der Waals surface area contributed by atoms with Crippen molar-refractivity contribution >= 4 is 38.9 Å². The Morgan fingerprint density at radius 3 is 2.58 bits per heavy atom. The average molecular weight is 495 g/mol. The largest absolute Gasteiger partial charge is 0.478 e. The van der Waals surface area contributed by atoms with Crippen LogP contribution in [0.5, 0.6) is 5.88 Å². The van der Waals surface area contributed by atoms with Gasteiger partial charge in [0, 0.05) is 32.2 Å². The number of hydrogen-bond donors (Lipinski definition) is 1. The first-order chi connectivity index (χ1) is 15.9. The van der Waals surface area contributed by atoms with Gasteiger partial charge in [0.25, 0.3) is 5.91 Å². The molecule has 1 aromatic heterocycles. The number of aromatic nitrogens is 1. The summed E-state index contributed by atoms with van der Waals surface area (Å²) in [6, 6.07) is 7.99. The molecule has 2 fully saturated rings. The van der Waals surface area contributed by atoms with Gasteiger partial charge in [0.1, 0.15) is 0 Å². The van der Waals surface area contributed by atoms with E-state index in [1.807, 2.05) is 6.92 Å². The molecule has 0 aliphatic carbocycles. The predicted molar refractivity (Wildman–Crippen MR) is 126 cm³/mol. The summed E-state index contributed by atoms with van der Waals surface area (Å²) in [6.45, 7) is 5.18. The first-order valence-corrected chi connectivity index (χ1v) is 12.8. The average Bonchev–Trinajstić information content (AvgIpc) is 3.35. The van der Waals surface area contributed by atoms with Gasteiger partial charge in [-0.1, -0.05) is 11.6 Å². The van der Waals surface area contributed by atoms with Crippen molar-refractivity contribution in [3.8, 4) is 5.88 Å². The van der Waals surface area contributed by atoms with Gasteiger partial charge in [-0.25, -0.2) is 13.4 Å². The van der Waals surface area contributed by atoms with Crippen molar-refractivity contribution in [3.63, 3.8) is 0 Å². The molecular weight excluding hydrogens is 468 g/mol. The van der Waals surface area contributed by atoms with Crippen LogP contribution in [0.1, 0.15) is 30.3 Å². The number of pyridine rings is 1. The fourth-order valence-corrected chi connectivity index (χ4v) is 5.56. The van der Waals surface area contributed by atoms with Gasteiger partial charge in [0.2, 0.25) is 15.9 Å². The van der Waals surface area contributed by atoms with Gasteiger partial charge in [0.15, 0.2) is 5.69 Å². The van der Waals surface area contributed by atoms with E-state index in [1.54, 1.807) is 24.3 Å². The third kappa shape index (κ3) is 5.24. The van der Waals surface area contributed by atoms with Crippen LogP contribution < -0.4 is 15.0 Å². The molecule has 0 saturated carbocycles. The van der Waals surface area contributed by atoms with Crippen molar-refractivity contribution in [2.45, 2.75) is 24.7 Å². The van der Waals surface area contributed by atoms with Gasteiger partial charge in [-0.2, -0.15) is 4.31 Å². The number of halogens is 1. The first kappa shape index (κ1) is 23.7. The minimum absolute atomic E-state index is 0.0106. The summed E-state index contributed by atoms with van der Waals surface area (Å²) in [7, 11) is -3.73. The van der Waals surface area contributed by atoms with Crippen molar-refractivity contribution in [1.82, 2.24) is 9.29 Å². The number of sulfonamides is 1. The second kappa shape index (κ2) is 10.3. The van der Waals surface area contributed by atoms with E-state index in [-0.39, 0.29) is 21.5 Å². The summed E-state index contributed by atoms with van der Waals surface area (Å²) < 4.78 is 38.5. The number of carbonyl (C=O) groups excluding carboxylic acids is 1. The van der Waals surface area contributed by atoms with Crippen molar-refractivity contribution < 1.29 is 22.7 Å². The number of morpholine rings is 1. The van der Waals surface area contributed by atoms with E-state index in [9.17, 15) is 13.2 Å². The van der Waals surface area contributed by atoms with Gasteiger partial charge in [0.05, 0.1) is 41.1 Å². The molecule has 0 spiro atoms. The molecule has 1 aromatic carbocycles. The lowest BCUT2D eigenvalue weighted by Gasteiger charge is -2.27. The van der Waals surface area contributed by atoms with E-state index in [0.717, 1.165) is 31.6 Å². The maximum atomic E-state index is 13.2. The first-order valence-electron chi connectivity index (χ1n) is 11.0. The summed E-state index contributed by atoms with van der Waals surface area (Å²) in [5.74, 6) is -0.251. The lowest BCUT2D eigenvalue weighted by atomic mass is 10.2. The van der Waals surface area contributed by atoms with Gasteiger partial charge < -0.3 is 19.7 Å². The lowest BCUT2D eigenvalue weighted by molar-refractivity contribution is 0.0730. The van der Waals surface area contributed by atoms with Crippen LogP contribution in [-0.4, -0.2) is 69.6 Å². The van der Waals surface area contributed by atoms with Gasteiger partial charge in [-0.15, -0.1) is 0 Å². The maximum Gasteiger partial charge on any atom is 0.276 e. The summed E-state index contributed by atoms with van der Waals surface area (Å²) in [6.07, 6.45) is 2.07. The number of amides is 1. The number of nitrogens with zero attached hydrogens (tertiary/aromatic N) is 3. The Morgan fingerprint density at radius 2 is 1.88 bits per heavy atom. The van der Waals surface area contributed by atoms with Gasteiger partial charge in [-0.05, 0) is 44.0 Å². The highest BCUT2D eigenvalue weighted by Gasteiger charge is 2.28. The standard InChI is InChI=1S/C22H27ClN4O5S/c1-2-32-20-8-6-17(23)21(25-20)22(28)24-18-15-16(5-7-19(18)26-9-3-4-10-26)33(29,30)27-11-13-31-14-12-27/h5-8,15H,2-4,9-14H2,1H3,(H,24,28). The molecule has 0 radical (unpaired) electrons. The predicted octanol–water partition coefficient (Wildman–Crippen LogP) is 3.01. The van der Waals surface area contributed by atoms with Gasteiger partial charge in [-0.3, -0.25) is 4.79 Å². The van der Waals surface area contributed by atoms with Gasteiger partial charge >= 0.3 is 0 Å². The van der Waals surface area contributed by atoms with Crippen LogP contribution in [0.15, 0.2) is 35.2 Å². The molecule has 2 aliphatic rings. The number of anilines is 2. The Kier molecular flexibility index (Phi) is 7.38. The zero-order valence-electron chi connectivity index (χ0n) is 18.4. The minimum atomic E-state index is -3.73. The number of hydrogen-bond acceptors (Lipinski definition) is 7. The third-order valence-electron chi connectivity index (χ3n) is 5.60. The highest BCUT2D eigenvalue weighted by molar-refractivity contribution is 7.89. The summed E-state index contributed by atoms with van der Waals surface area (Å²) in [5.41, 5.74) is 1.17. The van der Waals surface area contributed by atoms with E-state index in [0.29, 0.717) is 38.6 Å². The molecule has 1 amide bonds. The number of nitrogens with one attached hydrogen (secondary N) is 1. The zero-order valence-corrected chi connectivity index (χ0v) is 20.0. The number of benzene rings is 1. The number of ether oxygens (including phenoxy) is 2. The Bertz CT molecular complexity index is 1120. The zero-order chi connectivity index (χ0) is 23.4. The van der Waals surface area contributed by atoms with Crippen molar-refractivity contribution in [3.05, 3.63) is 41.0 Å². The monoisotopic (exact) mass is 494 g/mol. The van der Waals surface area contributed by atoms with E-state index in [1.165, 1.54) is 10.4 Å². The minimum Gasteiger partial charge on any atom is -0.478 e. The Labute approximate surface area is 198 Å². The fraction of sp³-hybridized carbons (Fsp3) is 0.455. The van der Waals surface area contributed by atoms with Crippen LogP contribution >= 0.6 is 11.6 Å². The Hall–Kier alpha value is -2.40. The second-order valence-corrected chi connectivity index (χ2v) is 10.1. The molecule has 3 heterocycles. The Balaban J connectivity index is 1.68. The summed E-state index contributed by atoms with van der Waals surface area (Å²) in [5, 5.41) is 3.02. The fourth-order valence-electron chi connectivity index (χ4n) is 3.94. The molecule has 2 aromatic rings. The van der Waals surface area contributed by atoms with Crippen molar-refractivity contribution in [1.29, 1.82) is 0 Å². The van der Waals surface area contributed by atoms with E-state index in [2.05, 4.69) is 15.2 Å². The quantitative estimate of drug-likeness (QED) is 0.631. The maximum absolute atomic E-state index is 13.2. The molecule has 4 rings (SSSR count). The highest BCUT2D eigenvalue weighted by Crippen LogP contribution is 2.33. The summed E-state index contributed by atoms with van der Waals surface area (Å²) in [4.78, 5) is 19.6. The topological polar surface area (TPSA) is 101 Å². The lowest BCUT2D eigenvalue weighted by Crippen LogP contribution is -2.40. The molecule has 9 nitrogen and oxygen atoms in total. The van der Waals surface area contributed by atoms with E-state index in [4.69, 9.17) is 21.1 Å². The highest BCUT2D eigenvalue weighted by atomic mass is 35.5.